The van der Waals surface area contributed by atoms with Gasteiger partial charge in [0.2, 0.25) is 0 Å². The number of benzene rings is 2. The van der Waals surface area contributed by atoms with Gasteiger partial charge in [-0.05, 0) is 18.2 Å². The largest absolute Gasteiger partial charge is 0.497 e. The lowest BCUT2D eigenvalue weighted by molar-refractivity contribution is -0.384. The van der Waals surface area contributed by atoms with E-state index in [0.717, 1.165) is 10.2 Å². The van der Waals surface area contributed by atoms with Crippen molar-refractivity contribution >= 4 is 38.7 Å². The lowest BCUT2D eigenvalue weighted by Crippen LogP contribution is -1.98. The van der Waals surface area contributed by atoms with Crippen LogP contribution in [0.4, 0.5) is 22.7 Å². The first-order valence-corrected chi connectivity index (χ1v) is 6.44. The smallest absolute Gasteiger partial charge is 0.271 e. The second-order valence-corrected chi connectivity index (χ2v) is 4.95. The van der Waals surface area contributed by atoms with E-state index in [4.69, 9.17) is 10.5 Å². The summed E-state index contributed by atoms with van der Waals surface area (Å²) in [5.41, 5.74) is 7.42. The number of nitro groups is 1. The maximum absolute atomic E-state index is 10.7. The van der Waals surface area contributed by atoms with Gasteiger partial charge in [-0.2, -0.15) is 0 Å². The van der Waals surface area contributed by atoms with E-state index in [9.17, 15) is 10.1 Å². The number of nitrogen functional groups attached to an aromatic ring is 1. The molecule has 7 heteroatoms. The Labute approximate surface area is 123 Å². The van der Waals surface area contributed by atoms with Crippen molar-refractivity contribution in [3.05, 3.63) is 51.0 Å². The molecule has 3 N–H and O–H groups in total. The van der Waals surface area contributed by atoms with Crippen molar-refractivity contribution in [3.63, 3.8) is 0 Å². The Morgan fingerprint density at radius 2 is 2.05 bits per heavy atom. The average molecular weight is 338 g/mol. The summed E-state index contributed by atoms with van der Waals surface area (Å²) in [4.78, 5) is 10.2. The second kappa shape index (κ2) is 5.79. The summed E-state index contributed by atoms with van der Waals surface area (Å²) in [6.45, 7) is 0. The second-order valence-electron chi connectivity index (χ2n) is 4.03. The molecule has 0 saturated heterocycles. The molecule has 0 aromatic heterocycles. The molecule has 0 fully saturated rings. The molecule has 0 bridgehead atoms. The van der Waals surface area contributed by atoms with E-state index < -0.39 is 4.92 Å². The zero-order valence-electron chi connectivity index (χ0n) is 10.6. The van der Waals surface area contributed by atoms with Crippen molar-refractivity contribution in [3.8, 4) is 5.75 Å². The molecule has 0 spiro atoms. The minimum absolute atomic E-state index is 0.0418. The predicted molar refractivity (Wildman–Crippen MR) is 81.5 cm³/mol. The van der Waals surface area contributed by atoms with E-state index in [2.05, 4.69) is 21.2 Å². The molecule has 0 radical (unpaired) electrons. The number of methoxy groups -OCH3 is 1. The molecule has 2 aromatic carbocycles. The standard InChI is InChI=1S/C13H12BrN3O3/c1-20-11-5-8(14)4-9(6-11)16-13-3-2-10(17(18)19)7-12(13)15/h2-7,16H,15H2,1H3. The summed E-state index contributed by atoms with van der Waals surface area (Å²) in [6, 6.07) is 9.76. The molecule has 104 valence electrons. The van der Waals surface area contributed by atoms with Crippen LogP contribution in [0.15, 0.2) is 40.9 Å². The zero-order chi connectivity index (χ0) is 14.7. The summed E-state index contributed by atoms with van der Waals surface area (Å²) < 4.78 is 6.01. The highest BCUT2D eigenvalue weighted by Gasteiger charge is 2.09. The number of hydrogen-bond donors (Lipinski definition) is 2. The Kier molecular flexibility index (Phi) is 4.09. The average Bonchev–Trinajstić information content (AvgIpc) is 2.40. The van der Waals surface area contributed by atoms with Gasteiger partial charge in [-0.15, -0.1) is 0 Å². The number of nitro benzene ring substituents is 1. The van der Waals surface area contributed by atoms with Gasteiger partial charge in [0.1, 0.15) is 5.75 Å². The molecule has 6 nitrogen and oxygen atoms in total. The van der Waals surface area contributed by atoms with Gasteiger partial charge in [-0.1, -0.05) is 15.9 Å². The van der Waals surface area contributed by atoms with E-state index in [1.54, 1.807) is 19.2 Å². The Bertz CT molecular complexity index is 661. The Balaban J connectivity index is 2.30. The monoisotopic (exact) mass is 337 g/mol. The fourth-order valence-electron chi connectivity index (χ4n) is 1.69. The summed E-state index contributed by atoms with van der Waals surface area (Å²) >= 11 is 3.38. The highest BCUT2D eigenvalue weighted by atomic mass is 79.9. The molecule has 0 atom stereocenters. The van der Waals surface area contributed by atoms with Gasteiger partial charge in [0.05, 0.1) is 23.4 Å². The third-order valence-corrected chi connectivity index (χ3v) is 3.09. The maximum atomic E-state index is 10.7. The fraction of sp³-hybridized carbons (Fsp3) is 0.0769. The summed E-state index contributed by atoms with van der Waals surface area (Å²) in [7, 11) is 1.58. The Hall–Kier alpha value is -2.28. The SMILES string of the molecule is COc1cc(Br)cc(Nc2ccc([N+](=O)[O-])cc2N)c1. The van der Waals surface area contributed by atoms with Crippen LogP contribution in [0, 0.1) is 10.1 Å². The molecular formula is C13H12BrN3O3. The normalized spacial score (nSPS) is 10.1. The number of anilines is 3. The lowest BCUT2D eigenvalue weighted by Gasteiger charge is -2.11. The van der Waals surface area contributed by atoms with E-state index in [1.807, 2.05) is 12.1 Å². The topological polar surface area (TPSA) is 90.4 Å². The number of rotatable bonds is 4. The van der Waals surface area contributed by atoms with Crippen LogP contribution in [-0.4, -0.2) is 12.0 Å². The van der Waals surface area contributed by atoms with Crippen LogP contribution in [-0.2, 0) is 0 Å². The van der Waals surface area contributed by atoms with Gasteiger partial charge in [0.25, 0.3) is 5.69 Å². The fourth-order valence-corrected chi connectivity index (χ4v) is 2.16. The van der Waals surface area contributed by atoms with Crippen molar-refractivity contribution in [2.75, 3.05) is 18.2 Å². The van der Waals surface area contributed by atoms with Gasteiger partial charge in [0, 0.05) is 28.4 Å². The number of ether oxygens (including phenoxy) is 1. The van der Waals surface area contributed by atoms with Crippen LogP contribution in [0.2, 0.25) is 0 Å². The van der Waals surface area contributed by atoms with Gasteiger partial charge in [-0.3, -0.25) is 10.1 Å². The molecule has 20 heavy (non-hydrogen) atoms. The summed E-state index contributed by atoms with van der Waals surface area (Å²) in [5, 5.41) is 13.8. The lowest BCUT2D eigenvalue weighted by atomic mass is 10.2. The van der Waals surface area contributed by atoms with Gasteiger partial charge in [0.15, 0.2) is 0 Å². The summed E-state index contributed by atoms with van der Waals surface area (Å²) in [6.07, 6.45) is 0. The van der Waals surface area contributed by atoms with E-state index >= 15 is 0 Å². The minimum Gasteiger partial charge on any atom is -0.497 e. The van der Waals surface area contributed by atoms with E-state index in [1.165, 1.54) is 12.1 Å². The first kappa shape index (κ1) is 14.1. The predicted octanol–water partition coefficient (Wildman–Crippen LogP) is 3.69. The highest BCUT2D eigenvalue weighted by Crippen LogP contribution is 2.30. The van der Waals surface area contributed by atoms with Gasteiger partial charge < -0.3 is 15.8 Å². The van der Waals surface area contributed by atoms with E-state index in [-0.39, 0.29) is 5.69 Å². The van der Waals surface area contributed by atoms with Crippen molar-refractivity contribution in [2.24, 2.45) is 0 Å². The van der Waals surface area contributed by atoms with Crippen molar-refractivity contribution in [1.29, 1.82) is 0 Å². The van der Waals surface area contributed by atoms with Crippen molar-refractivity contribution < 1.29 is 9.66 Å². The molecule has 0 aliphatic rings. The Morgan fingerprint density at radius 1 is 1.30 bits per heavy atom. The molecule has 0 saturated carbocycles. The van der Waals surface area contributed by atoms with Crippen LogP contribution in [0.25, 0.3) is 0 Å². The first-order valence-electron chi connectivity index (χ1n) is 5.65. The molecule has 0 aliphatic carbocycles. The molecule has 0 heterocycles. The van der Waals surface area contributed by atoms with Crippen molar-refractivity contribution in [1.82, 2.24) is 0 Å². The molecule has 0 aliphatic heterocycles. The zero-order valence-corrected chi connectivity index (χ0v) is 12.2. The number of nitrogens with zero attached hydrogens (tertiary/aromatic N) is 1. The quantitative estimate of drug-likeness (QED) is 0.504. The number of halogens is 1. The highest BCUT2D eigenvalue weighted by molar-refractivity contribution is 9.10. The molecule has 2 rings (SSSR count). The molecule has 0 amide bonds. The number of hydrogen-bond acceptors (Lipinski definition) is 5. The Morgan fingerprint density at radius 3 is 2.65 bits per heavy atom. The van der Waals surface area contributed by atoms with Crippen LogP contribution >= 0.6 is 15.9 Å². The van der Waals surface area contributed by atoms with Crippen molar-refractivity contribution in [2.45, 2.75) is 0 Å². The minimum atomic E-state index is -0.484. The number of nitrogens with one attached hydrogen (secondary N) is 1. The van der Waals surface area contributed by atoms with Gasteiger partial charge >= 0.3 is 0 Å². The maximum Gasteiger partial charge on any atom is 0.271 e. The van der Waals surface area contributed by atoms with E-state index in [0.29, 0.717) is 17.1 Å². The summed E-state index contributed by atoms with van der Waals surface area (Å²) in [5.74, 6) is 0.683. The molecular weight excluding hydrogens is 326 g/mol. The van der Waals surface area contributed by atoms with Crippen LogP contribution in [0.5, 0.6) is 5.75 Å². The van der Waals surface area contributed by atoms with Crippen LogP contribution < -0.4 is 15.8 Å². The third kappa shape index (κ3) is 3.18. The van der Waals surface area contributed by atoms with Gasteiger partial charge in [-0.25, -0.2) is 0 Å². The number of non-ortho nitro benzene ring substituents is 1. The van der Waals surface area contributed by atoms with Crippen LogP contribution in [0.1, 0.15) is 0 Å². The molecule has 2 aromatic rings. The first-order chi connectivity index (χ1) is 9.49. The van der Waals surface area contributed by atoms with Crippen LogP contribution in [0.3, 0.4) is 0 Å². The molecule has 0 unspecified atom stereocenters. The number of nitrogens with two attached hydrogens (primary N) is 1. The third-order valence-electron chi connectivity index (χ3n) is 2.63.